The average molecular weight is 418 g/mol. The number of thiophene rings is 1. The van der Waals surface area contributed by atoms with E-state index in [4.69, 9.17) is 20.9 Å². The molecule has 1 fully saturated rings. The first-order valence-electron chi connectivity index (χ1n) is 9.07. The van der Waals surface area contributed by atoms with Crippen molar-refractivity contribution in [3.8, 4) is 10.6 Å². The van der Waals surface area contributed by atoms with Crippen molar-refractivity contribution in [1.82, 2.24) is 15.4 Å². The Bertz CT molecular complexity index is 905. The van der Waals surface area contributed by atoms with E-state index in [0.717, 1.165) is 23.5 Å². The Morgan fingerprint density at radius 1 is 1.25 bits per heavy atom. The van der Waals surface area contributed by atoms with Gasteiger partial charge >= 0.3 is 0 Å². The van der Waals surface area contributed by atoms with Gasteiger partial charge in [0.1, 0.15) is 0 Å². The predicted octanol–water partition coefficient (Wildman–Crippen LogP) is 3.86. The van der Waals surface area contributed by atoms with Crippen LogP contribution in [-0.4, -0.2) is 48.8 Å². The number of amides is 1. The zero-order valence-electron chi connectivity index (χ0n) is 15.1. The van der Waals surface area contributed by atoms with Gasteiger partial charge in [-0.15, -0.1) is 11.3 Å². The third kappa shape index (κ3) is 4.44. The van der Waals surface area contributed by atoms with Gasteiger partial charge in [0.25, 0.3) is 5.91 Å². The maximum atomic E-state index is 12.6. The number of rotatable bonds is 6. The van der Waals surface area contributed by atoms with Crippen LogP contribution >= 0.6 is 22.9 Å². The Hall–Kier alpha value is -2.19. The lowest BCUT2D eigenvalue weighted by atomic mass is 10.0. The Balaban J connectivity index is 1.46. The molecule has 3 aromatic rings. The summed E-state index contributed by atoms with van der Waals surface area (Å²) in [6.07, 6.45) is 0. The standard InChI is InChI=1S/C20H20ClN3O3S/c21-15-5-3-14(4-6-15)17(24-7-9-26-10-8-24)13-22-20(25)16-12-18(27-23-16)19-2-1-11-28-19/h1-6,11-12,17H,7-10,13H2,(H,22,25). The van der Waals surface area contributed by atoms with E-state index in [1.165, 1.54) is 0 Å². The van der Waals surface area contributed by atoms with E-state index in [0.29, 0.717) is 30.5 Å². The first-order valence-corrected chi connectivity index (χ1v) is 10.3. The van der Waals surface area contributed by atoms with Gasteiger partial charge in [-0.2, -0.15) is 0 Å². The van der Waals surface area contributed by atoms with Gasteiger partial charge in [0.15, 0.2) is 11.5 Å². The van der Waals surface area contributed by atoms with Crippen LogP contribution in [0, 0.1) is 0 Å². The van der Waals surface area contributed by atoms with E-state index in [1.54, 1.807) is 17.4 Å². The molecule has 146 valence electrons. The van der Waals surface area contributed by atoms with Gasteiger partial charge in [0.05, 0.1) is 24.1 Å². The van der Waals surface area contributed by atoms with Crippen LogP contribution in [0.3, 0.4) is 0 Å². The van der Waals surface area contributed by atoms with Crippen molar-refractivity contribution in [2.45, 2.75) is 6.04 Å². The minimum absolute atomic E-state index is 0.0359. The SMILES string of the molecule is O=C(NCC(c1ccc(Cl)cc1)N1CCOCC1)c1cc(-c2cccs2)on1. The summed E-state index contributed by atoms with van der Waals surface area (Å²) in [5, 5.41) is 9.56. The van der Waals surface area contributed by atoms with Gasteiger partial charge < -0.3 is 14.6 Å². The summed E-state index contributed by atoms with van der Waals surface area (Å²) in [5.41, 5.74) is 1.38. The highest BCUT2D eigenvalue weighted by Gasteiger charge is 2.24. The second-order valence-corrected chi connectivity index (χ2v) is 7.86. The molecule has 1 amide bonds. The van der Waals surface area contributed by atoms with Crippen molar-refractivity contribution in [2.24, 2.45) is 0 Å². The number of halogens is 1. The molecule has 2 aromatic heterocycles. The van der Waals surface area contributed by atoms with E-state index in [2.05, 4.69) is 15.4 Å². The summed E-state index contributed by atoms with van der Waals surface area (Å²) in [7, 11) is 0. The fourth-order valence-electron chi connectivity index (χ4n) is 3.23. The van der Waals surface area contributed by atoms with E-state index >= 15 is 0 Å². The normalized spacial score (nSPS) is 16.0. The molecule has 0 saturated carbocycles. The summed E-state index contributed by atoms with van der Waals surface area (Å²) in [6.45, 7) is 3.46. The molecule has 0 radical (unpaired) electrons. The van der Waals surface area contributed by atoms with Gasteiger partial charge in [-0.3, -0.25) is 9.69 Å². The average Bonchev–Trinajstić information content (AvgIpc) is 3.42. The van der Waals surface area contributed by atoms with Crippen molar-refractivity contribution in [1.29, 1.82) is 0 Å². The molecule has 8 heteroatoms. The molecule has 3 heterocycles. The van der Waals surface area contributed by atoms with Crippen LogP contribution < -0.4 is 5.32 Å². The van der Waals surface area contributed by atoms with Crippen molar-refractivity contribution >= 4 is 28.8 Å². The smallest absolute Gasteiger partial charge is 0.273 e. The van der Waals surface area contributed by atoms with Crippen molar-refractivity contribution in [3.05, 3.63) is 64.1 Å². The Morgan fingerprint density at radius 3 is 2.75 bits per heavy atom. The number of carbonyl (C=O) groups excluding carboxylic acids is 1. The Morgan fingerprint density at radius 2 is 2.04 bits per heavy atom. The second kappa shape index (κ2) is 8.87. The number of morpholine rings is 1. The van der Waals surface area contributed by atoms with Crippen LogP contribution in [0.4, 0.5) is 0 Å². The van der Waals surface area contributed by atoms with Crippen LogP contribution in [-0.2, 0) is 4.74 Å². The third-order valence-corrected chi connectivity index (χ3v) is 5.84. The van der Waals surface area contributed by atoms with E-state index in [-0.39, 0.29) is 17.6 Å². The third-order valence-electron chi connectivity index (χ3n) is 4.70. The lowest BCUT2D eigenvalue weighted by Gasteiger charge is -2.34. The number of hydrogen-bond acceptors (Lipinski definition) is 6. The fraction of sp³-hybridized carbons (Fsp3) is 0.300. The number of aromatic nitrogens is 1. The molecular formula is C20H20ClN3O3S. The summed E-state index contributed by atoms with van der Waals surface area (Å²) >= 11 is 7.57. The molecule has 1 atom stereocenters. The maximum Gasteiger partial charge on any atom is 0.273 e. The molecule has 0 spiro atoms. The highest BCUT2D eigenvalue weighted by Crippen LogP contribution is 2.26. The van der Waals surface area contributed by atoms with Gasteiger partial charge in [0, 0.05) is 30.7 Å². The van der Waals surface area contributed by atoms with Crippen molar-refractivity contribution < 1.29 is 14.1 Å². The van der Waals surface area contributed by atoms with E-state index in [9.17, 15) is 4.79 Å². The molecule has 1 aliphatic heterocycles. The number of carbonyl (C=O) groups is 1. The summed E-state index contributed by atoms with van der Waals surface area (Å²) in [4.78, 5) is 15.9. The molecule has 1 aliphatic rings. The minimum Gasteiger partial charge on any atom is -0.379 e. The van der Waals surface area contributed by atoms with Crippen LogP contribution in [0.2, 0.25) is 5.02 Å². The molecule has 0 bridgehead atoms. The van der Waals surface area contributed by atoms with Gasteiger partial charge in [0.2, 0.25) is 0 Å². The molecule has 6 nitrogen and oxygen atoms in total. The summed E-state index contributed by atoms with van der Waals surface area (Å²) in [6, 6.07) is 13.3. The molecule has 0 aliphatic carbocycles. The monoisotopic (exact) mass is 417 g/mol. The summed E-state index contributed by atoms with van der Waals surface area (Å²) in [5.74, 6) is 0.348. The van der Waals surface area contributed by atoms with Crippen LogP contribution in [0.5, 0.6) is 0 Å². The van der Waals surface area contributed by atoms with E-state index < -0.39 is 0 Å². The lowest BCUT2D eigenvalue weighted by molar-refractivity contribution is 0.0162. The maximum absolute atomic E-state index is 12.6. The van der Waals surface area contributed by atoms with Gasteiger partial charge in [-0.1, -0.05) is 35.0 Å². The minimum atomic E-state index is -0.251. The largest absolute Gasteiger partial charge is 0.379 e. The van der Waals surface area contributed by atoms with Crippen LogP contribution in [0.1, 0.15) is 22.1 Å². The lowest BCUT2D eigenvalue weighted by Crippen LogP contribution is -2.43. The highest BCUT2D eigenvalue weighted by atomic mass is 35.5. The molecule has 1 N–H and O–H groups in total. The second-order valence-electron chi connectivity index (χ2n) is 6.48. The molecule has 28 heavy (non-hydrogen) atoms. The molecule has 1 saturated heterocycles. The number of nitrogens with one attached hydrogen (secondary N) is 1. The number of hydrogen-bond donors (Lipinski definition) is 1. The first kappa shape index (κ1) is 19.1. The molecule has 1 unspecified atom stereocenters. The van der Waals surface area contributed by atoms with Gasteiger partial charge in [-0.05, 0) is 29.1 Å². The predicted molar refractivity (Wildman–Crippen MR) is 109 cm³/mol. The number of ether oxygens (including phenoxy) is 1. The Labute approximate surface area is 172 Å². The quantitative estimate of drug-likeness (QED) is 0.659. The first-order chi connectivity index (χ1) is 13.7. The Kier molecular flexibility index (Phi) is 6.07. The molecular weight excluding hydrogens is 398 g/mol. The summed E-state index contributed by atoms with van der Waals surface area (Å²) < 4.78 is 10.8. The zero-order chi connectivity index (χ0) is 19.3. The zero-order valence-corrected chi connectivity index (χ0v) is 16.7. The molecule has 4 rings (SSSR count). The van der Waals surface area contributed by atoms with Crippen LogP contribution in [0.15, 0.2) is 52.4 Å². The highest BCUT2D eigenvalue weighted by molar-refractivity contribution is 7.13. The fourth-order valence-corrected chi connectivity index (χ4v) is 4.03. The number of nitrogens with zero attached hydrogens (tertiary/aromatic N) is 2. The van der Waals surface area contributed by atoms with E-state index in [1.807, 2.05) is 41.8 Å². The topological polar surface area (TPSA) is 67.6 Å². The van der Waals surface area contributed by atoms with Crippen molar-refractivity contribution in [2.75, 3.05) is 32.8 Å². The molecule has 1 aromatic carbocycles. The van der Waals surface area contributed by atoms with Gasteiger partial charge in [-0.25, -0.2) is 0 Å². The van der Waals surface area contributed by atoms with Crippen LogP contribution in [0.25, 0.3) is 10.6 Å². The number of benzene rings is 1. The van der Waals surface area contributed by atoms with Crippen molar-refractivity contribution in [3.63, 3.8) is 0 Å².